The van der Waals surface area contributed by atoms with E-state index in [0.29, 0.717) is 24.4 Å². The van der Waals surface area contributed by atoms with Gasteiger partial charge in [-0.2, -0.15) is 0 Å². The van der Waals surface area contributed by atoms with Gasteiger partial charge in [0.25, 0.3) is 0 Å². The van der Waals surface area contributed by atoms with Crippen molar-refractivity contribution in [2.45, 2.75) is 58.0 Å². The third-order valence-corrected chi connectivity index (χ3v) is 4.71. The van der Waals surface area contributed by atoms with Crippen molar-refractivity contribution < 1.29 is 9.32 Å². The minimum Gasteiger partial charge on any atom is -0.361 e. The second kappa shape index (κ2) is 6.79. The van der Waals surface area contributed by atoms with E-state index in [1.807, 2.05) is 13.8 Å². The molecule has 2 bridgehead atoms. The minimum atomic E-state index is 0. The monoisotopic (exact) mass is 313 g/mol. The topological polar surface area (TPSA) is 58.4 Å². The number of carbonyl (C=O) groups is 1. The summed E-state index contributed by atoms with van der Waals surface area (Å²) in [6.07, 6.45) is 4.71. The van der Waals surface area contributed by atoms with Gasteiger partial charge < -0.3 is 14.7 Å². The van der Waals surface area contributed by atoms with Crippen molar-refractivity contribution in [3.8, 4) is 0 Å². The normalized spacial score (nSPS) is 24.6. The summed E-state index contributed by atoms with van der Waals surface area (Å²) < 4.78 is 5.16. The molecule has 0 radical (unpaired) electrons. The predicted molar refractivity (Wildman–Crippen MR) is 82.7 cm³/mol. The van der Waals surface area contributed by atoms with Crippen molar-refractivity contribution in [3.05, 3.63) is 17.0 Å². The average Bonchev–Trinajstić information content (AvgIpc) is 2.86. The van der Waals surface area contributed by atoms with Gasteiger partial charge in [-0.1, -0.05) is 5.16 Å². The Morgan fingerprint density at radius 1 is 1.33 bits per heavy atom. The molecule has 2 fully saturated rings. The molecular weight excluding hydrogens is 290 g/mol. The van der Waals surface area contributed by atoms with Gasteiger partial charge in [-0.05, 0) is 46.1 Å². The fourth-order valence-electron chi connectivity index (χ4n) is 3.61. The lowest BCUT2D eigenvalue weighted by atomic mass is 10.1. The fourth-order valence-corrected chi connectivity index (χ4v) is 3.61. The van der Waals surface area contributed by atoms with Gasteiger partial charge in [-0.3, -0.25) is 4.79 Å². The van der Waals surface area contributed by atoms with Crippen LogP contribution in [0.2, 0.25) is 0 Å². The molecule has 2 atom stereocenters. The number of nitrogens with zero attached hydrogens (tertiary/aromatic N) is 2. The number of hydrogen-bond donors (Lipinski definition) is 1. The maximum absolute atomic E-state index is 12.6. The van der Waals surface area contributed by atoms with Gasteiger partial charge in [0.05, 0.1) is 5.69 Å². The molecule has 2 saturated heterocycles. The Kier molecular flexibility index (Phi) is 5.27. The molecule has 3 heterocycles. The van der Waals surface area contributed by atoms with E-state index in [1.165, 1.54) is 6.42 Å². The molecule has 6 heteroatoms. The van der Waals surface area contributed by atoms with Crippen LogP contribution in [0.25, 0.3) is 0 Å². The molecule has 2 aliphatic heterocycles. The van der Waals surface area contributed by atoms with Crippen molar-refractivity contribution in [3.63, 3.8) is 0 Å². The van der Waals surface area contributed by atoms with E-state index in [9.17, 15) is 4.79 Å². The molecule has 0 spiro atoms. The molecule has 21 heavy (non-hydrogen) atoms. The molecule has 2 unspecified atom stereocenters. The number of aryl methyl sites for hydroxylation is 2. The zero-order valence-electron chi connectivity index (χ0n) is 12.7. The molecule has 2 aliphatic rings. The molecule has 1 aromatic rings. The minimum absolute atomic E-state index is 0. The SMILES string of the molecule is Cc1noc(C)c1CCC(=O)N1C2CCNCC1CC2.Cl. The molecule has 0 saturated carbocycles. The Labute approximate surface area is 131 Å². The molecule has 3 rings (SSSR count). The molecule has 1 amide bonds. The Hall–Kier alpha value is -1.07. The van der Waals surface area contributed by atoms with Gasteiger partial charge in [-0.25, -0.2) is 0 Å². The van der Waals surface area contributed by atoms with Gasteiger partial charge in [-0.15, -0.1) is 12.4 Å². The number of amides is 1. The van der Waals surface area contributed by atoms with Crippen LogP contribution in [0, 0.1) is 13.8 Å². The van der Waals surface area contributed by atoms with E-state index in [4.69, 9.17) is 4.52 Å². The quantitative estimate of drug-likeness (QED) is 0.927. The summed E-state index contributed by atoms with van der Waals surface area (Å²) in [7, 11) is 0. The van der Waals surface area contributed by atoms with E-state index in [1.54, 1.807) is 0 Å². The van der Waals surface area contributed by atoms with Crippen LogP contribution in [-0.2, 0) is 11.2 Å². The van der Waals surface area contributed by atoms with E-state index in [-0.39, 0.29) is 12.4 Å². The van der Waals surface area contributed by atoms with Crippen LogP contribution in [0.4, 0.5) is 0 Å². The van der Waals surface area contributed by atoms with Crippen LogP contribution in [0.3, 0.4) is 0 Å². The highest BCUT2D eigenvalue weighted by atomic mass is 35.5. The third-order valence-electron chi connectivity index (χ3n) is 4.71. The zero-order chi connectivity index (χ0) is 14.1. The number of nitrogens with one attached hydrogen (secondary N) is 1. The Bertz CT molecular complexity index is 470. The average molecular weight is 314 g/mol. The van der Waals surface area contributed by atoms with Crippen molar-refractivity contribution in [1.29, 1.82) is 0 Å². The van der Waals surface area contributed by atoms with Crippen LogP contribution in [0.15, 0.2) is 4.52 Å². The number of halogens is 1. The van der Waals surface area contributed by atoms with E-state index < -0.39 is 0 Å². The van der Waals surface area contributed by atoms with Gasteiger partial charge in [0, 0.05) is 30.6 Å². The first kappa shape index (κ1) is 16.3. The highest BCUT2D eigenvalue weighted by Crippen LogP contribution is 2.29. The summed E-state index contributed by atoms with van der Waals surface area (Å²) in [5, 5.41) is 7.39. The summed E-state index contributed by atoms with van der Waals surface area (Å²) in [4.78, 5) is 14.7. The molecule has 1 N–H and O–H groups in total. The summed E-state index contributed by atoms with van der Waals surface area (Å²) in [5.74, 6) is 1.14. The first-order chi connectivity index (χ1) is 9.66. The smallest absolute Gasteiger partial charge is 0.223 e. The van der Waals surface area contributed by atoms with Crippen molar-refractivity contribution in [2.24, 2.45) is 0 Å². The lowest BCUT2D eigenvalue weighted by Gasteiger charge is -2.28. The van der Waals surface area contributed by atoms with E-state index in [2.05, 4.69) is 15.4 Å². The lowest BCUT2D eigenvalue weighted by molar-refractivity contribution is -0.133. The maximum atomic E-state index is 12.6. The summed E-state index contributed by atoms with van der Waals surface area (Å²) in [6, 6.07) is 0.854. The molecule has 0 aliphatic carbocycles. The molecule has 1 aromatic heterocycles. The maximum Gasteiger partial charge on any atom is 0.223 e. The van der Waals surface area contributed by atoms with Crippen molar-refractivity contribution in [2.75, 3.05) is 13.1 Å². The summed E-state index contributed by atoms with van der Waals surface area (Å²) in [5.41, 5.74) is 2.01. The van der Waals surface area contributed by atoms with Gasteiger partial charge >= 0.3 is 0 Å². The highest BCUT2D eigenvalue weighted by Gasteiger charge is 2.37. The first-order valence-electron chi connectivity index (χ1n) is 7.60. The second-order valence-electron chi connectivity index (χ2n) is 5.98. The van der Waals surface area contributed by atoms with Gasteiger partial charge in [0.1, 0.15) is 5.76 Å². The zero-order valence-corrected chi connectivity index (χ0v) is 13.5. The molecule has 0 aromatic carbocycles. The second-order valence-corrected chi connectivity index (χ2v) is 5.98. The van der Waals surface area contributed by atoms with Crippen molar-refractivity contribution in [1.82, 2.24) is 15.4 Å². The molecular formula is C15H24ClN3O2. The fraction of sp³-hybridized carbons (Fsp3) is 0.733. The Balaban J connectivity index is 0.00000161. The number of hydrogen-bond acceptors (Lipinski definition) is 4. The standard InChI is InChI=1S/C15H23N3O2.ClH/c1-10-14(11(2)20-17-10)5-6-15(19)18-12-3-4-13(18)9-16-8-7-12;/h12-13,16H,3-9H2,1-2H3;1H. The van der Waals surface area contributed by atoms with Crippen LogP contribution >= 0.6 is 12.4 Å². The molecule has 118 valence electrons. The third kappa shape index (κ3) is 3.24. The number of fused-ring (bicyclic) bond motifs is 2. The number of carbonyl (C=O) groups excluding carboxylic acids is 1. The largest absolute Gasteiger partial charge is 0.361 e. The van der Waals surface area contributed by atoms with E-state index in [0.717, 1.165) is 49.4 Å². The lowest BCUT2D eigenvalue weighted by Crippen LogP contribution is -2.42. The molecule has 5 nitrogen and oxygen atoms in total. The van der Waals surface area contributed by atoms with Gasteiger partial charge in [0.15, 0.2) is 0 Å². The van der Waals surface area contributed by atoms with Crippen molar-refractivity contribution >= 4 is 18.3 Å². The van der Waals surface area contributed by atoms with Gasteiger partial charge in [0.2, 0.25) is 5.91 Å². The number of aromatic nitrogens is 1. The highest BCUT2D eigenvalue weighted by molar-refractivity contribution is 5.85. The number of rotatable bonds is 3. The summed E-state index contributed by atoms with van der Waals surface area (Å²) >= 11 is 0. The summed E-state index contributed by atoms with van der Waals surface area (Å²) in [6.45, 7) is 5.84. The van der Waals surface area contributed by atoms with E-state index >= 15 is 0 Å². The van der Waals surface area contributed by atoms with Crippen LogP contribution < -0.4 is 5.32 Å². The predicted octanol–water partition coefficient (Wildman–Crippen LogP) is 2.00. The Morgan fingerprint density at radius 2 is 2.10 bits per heavy atom. The van der Waals surface area contributed by atoms with Crippen LogP contribution in [0.1, 0.15) is 42.7 Å². The Morgan fingerprint density at radius 3 is 2.81 bits per heavy atom. The van der Waals surface area contributed by atoms with Crippen LogP contribution in [0.5, 0.6) is 0 Å². The first-order valence-corrected chi connectivity index (χ1v) is 7.60. The van der Waals surface area contributed by atoms with Crippen LogP contribution in [-0.4, -0.2) is 41.1 Å².